The van der Waals surface area contributed by atoms with E-state index in [1.165, 1.54) is 6.42 Å². The minimum absolute atomic E-state index is 0.330. The Bertz CT molecular complexity index is 116. The SMILES string of the molecule is CN1CCCC(N[C]=O)C1. The van der Waals surface area contributed by atoms with Gasteiger partial charge in [-0.2, -0.15) is 0 Å². The van der Waals surface area contributed by atoms with Crippen LogP contribution in [-0.4, -0.2) is 37.5 Å². The summed E-state index contributed by atoms with van der Waals surface area (Å²) >= 11 is 0. The van der Waals surface area contributed by atoms with E-state index in [2.05, 4.69) is 17.3 Å². The molecule has 1 heterocycles. The fourth-order valence-corrected chi connectivity index (χ4v) is 1.37. The molecule has 1 aliphatic heterocycles. The Balaban J connectivity index is 2.24. The van der Waals surface area contributed by atoms with Crippen LogP contribution in [0.3, 0.4) is 0 Å². The summed E-state index contributed by atoms with van der Waals surface area (Å²) in [7, 11) is 2.07. The van der Waals surface area contributed by atoms with Gasteiger partial charge < -0.3 is 10.2 Å². The Labute approximate surface area is 61.4 Å². The number of nitrogens with zero attached hydrogens (tertiary/aromatic N) is 1. The van der Waals surface area contributed by atoms with Crippen molar-refractivity contribution in [2.45, 2.75) is 18.9 Å². The molecule has 1 N–H and O–H groups in total. The smallest absolute Gasteiger partial charge is 0.309 e. The van der Waals surface area contributed by atoms with E-state index in [0.29, 0.717) is 6.04 Å². The van der Waals surface area contributed by atoms with E-state index >= 15 is 0 Å². The van der Waals surface area contributed by atoms with Crippen molar-refractivity contribution in [3.8, 4) is 0 Å². The van der Waals surface area contributed by atoms with Gasteiger partial charge in [0.2, 0.25) is 0 Å². The number of amides is 1. The summed E-state index contributed by atoms with van der Waals surface area (Å²) in [6, 6.07) is 0.330. The van der Waals surface area contributed by atoms with Gasteiger partial charge in [0.1, 0.15) is 0 Å². The van der Waals surface area contributed by atoms with Gasteiger partial charge in [-0.25, -0.2) is 0 Å². The van der Waals surface area contributed by atoms with Crippen molar-refractivity contribution in [1.29, 1.82) is 0 Å². The van der Waals surface area contributed by atoms with E-state index < -0.39 is 0 Å². The standard InChI is InChI=1S/C7H13N2O/c1-9-4-2-3-7(5-9)8-6-10/h7H,2-5H2,1H3,(H,8,10). The van der Waals surface area contributed by atoms with Gasteiger partial charge in [0.15, 0.2) is 0 Å². The number of hydrogen-bond acceptors (Lipinski definition) is 2. The average molecular weight is 141 g/mol. The van der Waals surface area contributed by atoms with Crippen LogP contribution in [0.25, 0.3) is 0 Å². The van der Waals surface area contributed by atoms with Gasteiger partial charge in [0.05, 0.1) is 0 Å². The summed E-state index contributed by atoms with van der Waals surface area (Å²) in [6.45, 7) is 2.12. The van der Waals surface area contributed by atoms with Crippen LogP contribution in [0.1, 0.15) is 12.8 Å². The maximum absolute atomic E-state index is 9.93. The highest BCUT2D eigenvalue weighted by molar-refractivity contribution is 5.47. The molecule has 1 amide bonds. The molecule has 3 heteroatoms. The summed E-state index contributed by atoms with van der Waals surface area (Å²) in [5.41, 5.74) is 0. The number of piperidine rings is 1. The van der Waals surface area contributed by atoms with Crippen LogP contribution in [0.15, 0.2) is 0 Å². The molecule has 0 spiro atoms. The molecule has 0 aliphatic carbocycles. The molecule has 1 aliphatic rings. The Morgan fingerprint density at radius 3 is 3.10 bits per heavy atom. The fraction of sp³-hybridized carbons (Fsp3) is 0.857. The Kier molecular flexibility index (Phi) is 2.68. The number of carbonyl (C=O) groups excluding carboxylic acids is 1. The summed E-state index contributed by atoms with van der Waals surface area (Å²) in [5.74, 6) is 0. The van der Waals surface area contributed by atoms with Crippen molar-refractivity contribution >= 4 is 6.41 Å². The maximum atomic E-state index is 9.93. The molecule has 0 aromatic rings. The molecule has 1 unspecified atom stereocenters. The third-order valence-electron chi connectivity index (χ3n) is 1.89. The van der Waals surface area contributed by atoms with E-state index in [9.17, 15) is 4.79 Å². The van der Waals surface area contributed by atoms with E-state index in [0.717, 1.165) is 19.5 Å². The van der Waals surface area contributed by atoms with Crippen LogP contribution in [0.2, 0.25) is 0 Å². The van der Waals surface area contributed by atoms with E-state index in [4.69, 9.17) is 0 Å². The summed E-state index contributed by atoms with van der Waals surface area (Å²) in [4.78, 5) is 12.1. The largest absolute Gasteiger partial charge is 0.344 e. The third kappa shape index (κ3) is 1.99. The zero-order valence-corrected chi connectivity index (χ0v) is 6.26. The number of likely N-dealkylation sites (tertiary alicyclic amines) is 1. The predicted octanol–water partition coefficient (Wildman–Crippen LogP) is -0.263. The van der Waals surface area contributed by atoms with Crippen molar-refractivity contribution in [3.05, 3.63) is 0 Å². The van der Waals surface area contributed by atoms with E-state index in [1.54, 1.807) is 6.41 Å². The van der Waals surface area contributed by atoms with E-state index in [1.807, 2.05) is 0 Å². The summed E-state index contributed by atoms with van der Waals surface area (Å²) in [6.07, 6.45) is 4.00. The minimum Gasteiger partial charge on any atom is -0.344 e. The molecule has 3 nitrogen and oxygen atoms in total. The Morgan fingerprint density at radius 2 is 2.50 bits per heavy atom. The van der Waals surface area contributed by atoms with Crippen LogP contribution in [0.5, 0.6) is 0 Å². The lowest BCUT2D eigenvalue weighted by Gasteiger charge is -2.28. The normalized spacial score (nSPS) is 27.9. The van der Waals surface area contributed by atoms with Gasteiger partial charge >= 0.3 is 6.41 Å². The molecule has 1 radical (unpaired) electrons. The van der Waals surface area contributed by atoms with E-state index in [-0.39, 0.29) is 0 Å². The first-order valence-corrected chi connectivity index (χ1v) is 3.64. The molecule has 1 atom stereocenters. The first kappa shape index (κ1) is 7.54. The first-order chi connectivity index (χ1) is 4.83. The molecule has 10 heavy (non-hydrogen) atoms. The molecule has 1 saturated heterocycles. The number of nitrogens with one attached hydrogen (secondary N) is 1. The van der Waals surface area contributed by atoms with Crippen molar-refractivity contribution in [2.24, 2.45) is 0 Å². The lowest BCUT2D eigenvalue weighted by Crippen LogP contribution is -2.43. The topological polar surface area (TPSA) is 32.3 Å². The predicted molar refractivity (Wildman–Crippen MR) is 39.3 cm³/mol. The highest BCUT2D eigenvalue weighted by Crippen LogP contribution is 2.06. The molecule has 57 valence electrons. The average Bonchev–Trinajstić information content (AvgIpc) is 1.88. The molecule has 0 bridgehead atoms. The van der Waals surface area contributed by atoms with Gasteiger partial charge in [0, 0.05) is 12.6 Å². The van der Waals surface area contributed by atoms with Gasteiger partial charge in [-0.1, -0.05) is 0 Å². The summed E-state index contributed by atoms with van der Waals surface area (Å²) in [5, 5.41) is 2.67. The molecular weight excluding hydrogens is 128 g/mol. The monoisotopic (exact) mass is 141 g/mol. The lowest BCUT2D eigenvalue weighted by molar-refractivity contribution is 0.240. The van der Waals surface area contributed by atoms with Crippen LogP contribution in [0.4, 0.5) is 0 Å². The minimum atomic E-state index is 0.330. The van der Waals surface area contributed by atoms with Gasteiger partial charge in [-0.3, -0.25) is 4.79 Å². The molecule has 0 aromatic heterocycles. The van der Waals surface area contributed by atoms with Crippen LogP contribution in [0, 0.1) is 0 Å². The van der Waals surface area contributed by atoms with Crippen LogP contribution >= 0.6 is 0 Å². The zero-order valence-electron chi connectivity index (χ0n) is 6.26. The number of rotatable bonds is 2. The third-order valence-corrected chi connectivity index (χ3v) is 1.89. The van der Waals surface area contributed by atoms with Crippen LogP contribution < -0.4 is 5.32 Å². The molecular formula is C7H13N2O. The highest BCUT2D eigenvalue weighted by atomic mass is 16.1. The number of likely N-dealkylation sites (N-methyl/N-ethyl adjacent to an activating group) is 1. The fourth-order valence-electron chi connectivity index (χ4n) is 1.37. The summed E-state index contributed by atoms with van der Waals surface area (Å²) < 4.78 is 0. The number of hydrogen-bond donors (Lipinski definition) is 1. The van der Waals surface area contributed by atoms with Crippen LogP contribution in [-0.2, 0) is 4.79 Å². The van der Waals surface area contributed by atoms with Gasteiger partial charge in [-0.05, 0) is 26.4 Å². The molecule has 1 fully saturated rings. The quantitative estimate of drug-likeness (QED) is 0.537. The molecule has 0 aromatic carbocycles. The first-order valence-electron chi connectivity index (χ1n) is 3.64. The molecule has 1 rings (SSSR count). The van der Waals surface area contributed by atoms with Gasteiger partial charge in [-0.15, -0.1) is 0 Å². The zero-order chi connectivity index (χ0) is 7.40. The van der Waals surface area contributed by atoms with Crippen molar-refractivity contribution in [3.63, 3.8) is 0 Å². The van der Waals surface area contributed by atoms with Crippen molar-refractivity contribution in [1.82, 2.24) is 10.2 Å². The van der Waals surface area contributed by atoms with Gasteiger partial charge in [0.25, 0.3) is 0 Å². The molecule has 0 saturated carbocycles. The second-order valence-electron chi connectivity index (χ2n) is 2.85. The maximum Gasteiger partial charge on any atom is 0.309 e. The second kappa shape index (κ2) is 3.56. The highest BCUT2D eigenvalue weighted by Gasteiger charge is 2.15. The second-order valence-corrected chi connectivity index (χ2v) is 2.85. The lowest BCUT2D eigenvalue weighted by atomic mass is 10.1. The van der Waals surface area contributed by atoms with Crippen molar-refractivity contribution in [2.75, 3.05) is 20.1 Å². The Morgan fingerprint density at radius 1 is 1.70 bits per heavy atom. The van der Waals surface area contributed by atoms with Crippen molar-refractivity contribution < 1.29 is 4.79 Å². The Hall–Kier alpha value is -0.570.